The lowest BCUT2D eigenvalue weighted by Crippen LogP contribution is -2.49. The lowest BCUT2D eigenvalue weighted by Gasteiger charge is -2.37. The van der Waals surface area contributed by atoms with Crippen LogP contribution < -0.4 is 10.2 Å². The third-order valence-electron chi connectivity index (χ3n) is 5.95. The highest BCUT2D eigenvalue weighted by Crippen LogP contribution is 2.35. The number of para-hydroxylation sites is 1. The number of hydrogen-bond donors (Lipinski definition) is 1. The lowest BCUT2D eigenvalue weighted by molar-refractivity contribution is -0.384. The molecule has 0 aliphatic carbocycles. The second kappa shape index (κ2) is 10.6. The molecule has 1 heterocycles. The minimum atomic E-state index is -0.476. The number of amides is 2. The minimum absolute atomic E-state index is 0.000401. The van der Waals surface area contributed by atoms with E-state index in [0.717, 1.165) is 5.56 Å². The second-order valence-corrected chi connectivity index (χ2v) is 8.84. The molecule has 0 spiro atoms. The maximum Gasteiger partial charge on any atom is 0.269 e. The molecule has 3 aromatic rings. The lowest BCUT2D eigenvalue weighted by atomic mass is 10.1. The van der Waals surface area contributed by atoms with E-state index in [0.29, 0.717) is 53.7 Å². The highest BCUT2D eigenvalue weighted by molar-refractivity contribution is 6.34. The fourth-order valence-electron chi connectivity index (χ4n) is 4.06. The van der Waals surface area contributed by atoms with Gasteiger partial charge in [-0.25, -0.2) is 0 Å². The summed E-state index contributed by atoms with van der Waals surface area (Å²) in [7, 11) is 0. The predicted molar refractivity (Wildman–Crippen MR) is 136 cm³/mol. The Hall–Kier alpha value is -3.91. The van der Waals surface area contributed by atoms with Gasteiger partial charge in [-0.2, -0.15) is 0 Å². The molecule has 1 aliphatic heterocycles. The molecule has 0 atom stereocenters. The van der Waals surface area contributed by atoms with E-state index in [4.69, 9.17) is 11.6 Å². The smallest absolute Gasteiger partial charge is 0.269 e. The van der Waals surface area contributed by atoms with Gasteiger partial charge in [-0.3, -0.25) is 19.7 Å². The van der Waals surface area contributed by atoms with Crippen molar-refractivity contribution in [2.45, 2.75) is 13.3 Å². The van der Waals surface area contributed by atoms with Crippen molar-refractivity contribution in [1.29, 1.82) is 0 Å². The third-order valence-corrected chi connectivity index (χ3v) is 6.26. The van der Waals surface area contributed by atoms with Crippen molar-refractivity contribution in [3.8, 4) is 0 Å². The summed E-state index contributed by atoms with van der Waals surface area (Å²) < 4.78 is 0. The summed E-state index contributed by atoms with van der Waals surface area (Å²) in [4.78, 5) is 39.8. The molecule has 3 aromatic carbocycles. The number of carbonyl (C=O) groups is 2. The zero-order valence-corrected chi connectivity index (χ0v) is 20.0. The van der Waals surface area contributed by atoms with Gasteiger partial charge >= 0.3 is 0 Å². The molecule has 1 N–H and O–H groups in total. The summed E-state index contributed by atoms with van der Waals surface area (Å²) in [5.41, 5.74) is 3.72. The fourth-order valence-corrected chi connectivity index (χ4v) is 4.36. The van der Waals surface area contributed by atoms with Crippen LogP contribution in [0.25, 0.3) is 0 Å². The summed E-state index contributed by atoms with van der Waals surface area (Å²) in [6.45, 7) is 4.21. The molecular weight excluding hydrogens is 468 g/mol. The molecule has 1 aliphatic rings. The van der Waals surface area contributed by atoms with Crippen LogP contribution in [-0.2, 0) is 11.2 Å². The van der Waals surface area contributed by atoms with E-state index >= 15 is 0 Å². The van der Waals surface area contributed by atoms with E-state index in [1.165, 1.54) is 12.1 Å². The molecule has 1 fully saturated rings. The Balaban J connectivity index is 1.42. The van der Waals surface area contributed by atoms with Crippen LogP contribution in [0.3, 0.4) is 0 Å². The number of carbonyl (C=O) groups excluding carboxylic acids is 2. The molecule has 0 aromatic heterocycles. The highest BCUT2D eigenvalue weighted by atomic mass is 35.5. The number of aryl methyl sites for hydroxylation is 1. The van der Waals surface area contributed by atoms with Crippen LogP contribution in [-0.4, -0.2) is 47.8 Å². The van der Waals surface area contributed by atoms with E-state index in [9.17, 15) is 19.7 Å². The van der Waals surface area contributed by atoms with Crippen molar-refractivity contribution in [2.24, 2.45) is 0 Å². The van der Waals surface area contributed by atoms with Gasteiger partial charge in [0.2, 0.25) is 5.91 Å². The summed E-state index contributed by atoms with van der Waals surface area (Å²) in [6.07, 6.45) is 0.0722. The first-order chi connectivity index (χ1) is 16.8. The number of anilines is 2. The van der Waals surface area contributed by atoms with Crippen molar-refractivity contribution in [3.05, 3.63) is 98.6 Å². The van der Waals surface area contributed by atoms with Crippen molar-refractivity contribution in [2.75, 3.05) is 36.4 Å². The van der Waals surface area contributed by atoms with Crippen LogP contribution in [0.1, 0.15) is 21.5 Å². The largest absolute Gasteiger partial charge is 0.365 e. The Labute approximate surface area is 208 Å². The van der Waals surface area contributed by atoms with Crippen molar-refractivity contribution < 1.29 is 14.5 Å². The Morgan fingerprint density at radius 2 is 1.63 bits per heavy atom. The number of halogens is 1. The first-order valence-corrected chi connectivity index (χ1v) is 11.6. The molecule has 9 heteroatoms. The molecular formula is C26H25ClN4O4. The van der Waals surface area contributed by atoms with Crippen LogP contribution >= 0.6 is 11.6 Å². The zero-order chi connectivity index (χ0) is 24.9. The quantitative estimate of drug-likeness (QED) is 0.397. The van der Waals surface area contributed by atoms with Crippen LogP contribution in [0.5, 0.6) is 0 Å². The Bertz CT molecular complexity index is 1240. The molecule has 8 nitrogen and oxygen atoms in total. The average Bonchev–Trinajstić information content (AvgIpc) is 2.85. The molecule has 1 saturated heterocycles. The zero-order valence-electron chi connectivity index (χ0n) is 19.2. The van der Waals surface area contributed by atoms with Crippen molar-refractivity contribution in [1.82, 2.24) is 4.90 Å². The number of nitrogens with one attached hydrogen (secondary N) is 1. The first kappa shape index (κ1) is 24.2. The third kappa shape index (κ3) is 5.78. The summed E-state index contributed by atoms with van der Waals surface area (Å²) in [5.74, 6) is -0.254. The summed E-state index contributed by atoms with van der Waals surface area (Å²) in [5, 5.41) is 14.3. The van der Waals surface area contributed by atoms with Crippen LogP contribution in [0.2, 0.25) is 5.02 Å². The Morgan fingerprint density at radius 1 is 0.971 bits per heavy atom. The van der Waals surface area contributed by atoms with Gasteiger partial charge in [-0.1, -0.05) is 47.5 Å². The van der Waals surface area contributed by atoms with Crippen molar-refractivity contribution in [3.63, 3.8) is 0 Å². The number of rotatable bonds is 6. The number of nitro benzene ring substituents is 1. The van der Waals surface area contributed by atoms with E-state index in [-0.39, 0.29) is 23.9 Å². The fraction of sp³-hybridized carbons (Fsp3) is 0.231. The molecule has 180 valence electrons. The summed E-state index contributed by atoms with van der Waals surface area (Å²) >= 11 is 6.53. The summed E-state index contributed by atoms with van der Waals surface area (Å²) in [6, 6.07) is 18.8. The van der Waals surface area contributed by atoms with E-state index in [1.807, 2.05) is 36.1 Å². The predicted octanol–water partition coefficient (Wildman–Crippen LogP) is 4.70. The van der Waals surface area contributed by atoms with Gasteiger partial charge < -0.3 is 15.1 Å². The van der Waals surface area contributed by atoms with Gasteiger partial charge in [0.1, 0.15) is 0 Å². The molecule has 4 rings (SSSR count). The SMILES string of the molecule is Cc1ccc(C(=O)N2CCN(c3c(Cl)cccc3NC(=O)Cc3ccc([N+](=O)[O-])cc3)CC2)cc1. The Morgan fingerprint density at radius 3 is 2.26 bits per heavy atom. The standard InChI is InChI=1S/C26H25ClN4O4/c1-18-5-9-20(10-6-18)26(33)30-15-13-29(14-16-30)25-22(27)3-2-4-23(25)28-24(32)17-19-7-11-21(12-8-19)31(34)35/h2-12H,13-17H2,1H3,(H,28,32). The van der Waals surface area contributed by atoms with E-state index in [1.54, 1.807) is 30.3 Å². The number of nitrogens with zero attached hydrogens (tertiary/aromatic N) is 3. The van der Waals surface area contributed by atoms with Crippen molar-refractivity contribution >= 4 is 40.5 Å². The molecule has 35 heavy (non-hydrogen) atoms. The minimum Gasteiger partial charge on any atom is -0.365 e. The number of nitro groups is 1. The highest BCUT2D eigenvalue weighted by Gasteiger charge is 2.25. The van der Waals surface area contributed by atoms with Gasteiger partial charge in [0, 0.05) is 43.9 Å². The van der Waals surface area contributed by atoms with Gasteiger partial charge in [0.05, 0.1) is 27.7 Å². The van der Waals surface area contributed by atoms with Gasteiger partial charge in [-0.15, -0.1) is 0 Å². The monoisotopic (exact) mass is 492 g/mol. The molecule has 0 saturated carbocycles. The number of piperazine rings is 1. The van der Waals surface area contributed by atoms with E-state index in [2.05, 4.69) is 10.2 Å². The maximum absolute atomic E-state index is 12.9. The van der Waals surface area contributed by atoms with E-state index < -0.39 is 4.92 Å². The van der Waals surface area contributed by atoms with Crippen LogP contribution in [0.4, 0.5) is 17.1 Å². The molecule has 0 bridgehead atoms. The van der Waals surface area contributed by atoms with Crippen LogP contribution in [0, 0.1) is 17.0 Å². The Kier molecular flexibility index (Phi) is 7.31. The van der Waals surface area contributed by atoms with Crippen LogP contribution in [0.15, 0.2) is 66.7 Å². The molecule has 0 radical (unpaired) electrons. The second-order valence-electron chi connectivity index (χ2n) is 8.43. The van der Waals surface area contributed by atoms with Gasteiger partial charge in [-0.05, 0) is 36.8 Å². The van der Waals surface area contributed by atoms with Gasteiger partial charge in [0.15, 0.2) is 0 Å². The molecule has 2 amide bonds. The average molecular weight is 493 g/mol. The van der Waals surface area contributed by atoms with Gasteiger partial charge in [0.25, 0.3) is 11.6 Å². The number of non-ortho nitro benzene ring substituents is 1. The number of hydrogen-bond acceptors (Lipinski definition) is 5. The number of benzene rings is 3. The normalized spacial score (nSPS) is 13.4. The topological polar surface area (TPSA) is 95.8 Å². The maximum atomic E-state index is 12.9. The molecule has 0 unspecified atom stereocenters. The first-order valence-electron chi connectivity index (χ1n) is 11.2.